The van der Waals surface area contributed by atoms with Gasteiger partial charge in [0.1, 0.15) is 0 Å². The molecule has 2 heteroatoms. The van der Waals surface area contributed by atoms with Crippen LogP contribution in [-0.2, 0) is 0 Å². The molecule has 0 heterocycles. The molecule has 0 aromatic carbocycles. The first-order valence-corrected chi connectivity index (χ1v) is 3.66. The molecule has 0 aliphatic heterocycles. The smallest absolute Gasteiger partial charge is 0.0360 e. The number of allylic oxidation sites excluding steroid dienone is 2. The van der Waals surface area contributed by atoms with Gasteiger partial charge in [0, 0.05) is 11.4 Å². The van der Waals surface area contributed by atoms with Gasteiger partial charge in [-0.05, 0) is 25.3 Å². The highest BCUT2D eigenvalue weighted by Gasteiger charge is 2.01. The fourth-order valence-corrected chi connectivity index (χ4v) is 0.944. The van der Waals surface area contributed by atoms with Crippen LogP contribution in [0.2, 0.25) is 0 Å². The number of rotatable bonds is 3. The van der Waals surface area contributed by atoms with Gasteiger partial charge in [-0.25, -0.2) is 0 Å². The zero-order chi connectivity index (χ0) is 8.15. The molecule has 0 saturated heterocycles. The van der Waals surface area contributed by atoms with Crippen LogP contribution in [0.3, 0.4) is 0 Å². The van der Waals surface area contributed by atoms with Crippen LogP contribution in [0.4, 0.5) is 0 Å². The molecule has 0 aliphatic carbocycles. The minimum Gasteiger partial charge on any atom is -0.402 e. The molecular formula is C8H16N2. The molecule has 3 N–H and O–H groups in total. The molecule has 58 valence electrons. The topological polar surface area (TPSA) is 49.9 Å². The molecule has 0 unspecified atom stereocenters. The molecule has 0 amide bonds. The van der Waals surface area contributed by atoms with Crippen molar-refractivity contribution in [3.05, 3.63) is 11.3 Å². The second kappa shape index (κ2) is 4.09. The summed E-state index contributed by atoms with van der Waals surface area (Å²) in [6.45, 7) is 5.85. The summed E-state index contributed by atoms with van der Waals surface area (Å²) in [6, 6.07) is 0. The second-order valence-electron chi connectivity index (χ2n) is 2.35. The van der Waals surface area contributed by atoms with Crippen LogP contribution in [0.5, 0.6) is 0 Å². The van der Waals surface area contributed by atoms with Crippen LogP contribution < -0.4 is 5.73 Å². The largest absolute Gasteiger partial charge is 0.402 e. The molecule has 0 aromatic heterocycles. The molecule has 0 atom stereocenters. The Balaban J connectivity index is 4.37. The molecule has 2 nitrogen and oxygen atoms in total. The third kappa shape index (κ3) is 2.21. The lowest BCUT2D eigenvalue weighted by Gasteiger charge is -2.05. The second-order valence-corrected chi connectivity index (χ2v) is 2.35. The van der Waals surface area contributed by atoms with E-state index in [-0.39, 0.29) is 0 Å². The van der Waals surface area contributed by atoms with E-state index in [0.29, 0.717) is 5.71 Å². The van der Waals surface area contributed by atoms with Crippen molar-refractivity contribution in [1.29, 1.82) is 5.41 Å². The molecular weight excluding hydrogens is 124 g/mol. The van der Waals surface area contributed by atoms with Gasteiger partial charge >= 0.3 is 0 Å². The first kappa shape index (κ1) is 9.21. The molecule has 0 aromatic rings. The Morgan fingerprint density at radius 2 is 1.80 bits per heavy atom. The quantitative estimate of drug-likeness (QED) is 0.579. The highest BCUT2D eigenvalue weighted by Crippen LogP contribution is 2.07. The van der Waals surface area contributed by atoms with Crippen LogP contribution in [0, 0.1) is 5.41 Å². The lowest BCUT2D eigenvalue weighted by atomic mass is 10.0. The van der Waals surface area contributed by atoms with Crippen LogP contribution in [-0.4, -0.2) is 5.71 Å². The van der Waals surface area contributed by atoms with Gasteiger partial charge in [-0.2, -0.15) is 0 Å². The van der Waals surface area contributed by atoms with E-state index in [2.05, 4.69) is 0 Å². The van der Waals surface area contributed by atoms with Crippen molar-refractivity contribution in [2.75, 3.05) is 0 Å². The average Bonchev–Trinajstić information content (AvgIpc) is 1.88. The third-order valence-corrected chi connectivity index (χ3v) is 1.55. The van der Waals surface area contributed by atoms with Crippen molar-refractivity contribution >= 4 is 5.71 Å². The number of hydrogen-bond acceptors (Lipinski definition) is 2. The van der Waals surface area contributed by atoms with Crippen molar-refractivity contribution in [2.45, 2.75) is 33.6 Å². The summed E-state index contributed by atoms with van der Waals surface area (Å²) in [5.74, 6) is 0. The number of nitrogens with two attached hydrogens (primary N) is 1. The van der Waals surface area contributed by atoms with Gasteiger partial charge in [-0.15, -0.1) is 0 Å². The molecule has 0 aliphatic rings. The zero-order valence-corrected chi connectivity index (χ0v) is 6.99. The van der Waals surface area contributed by atoms with Gasteiger partial charge in [0.2, 0.25) is 0 Å². The van der Waals surface area contributed by atoms with Gasteiger partial charge < -0.3 is 11.1 Å². The zero-order valence-electron chi connectivity index (χ0n) is 6.99. The predicted molar refractivity (Wildman–Crippen MR) is 45.2 cm³/mol. The fourth-order valence-electron chi connectivity index (χ4n) is 0.944. The van der Waals surface area contributed by atoms with Gasteiger partial charge in [-0.1, -0.05) is 13.8 Å². The van der Waals surface area contributed by atoms with Crippen LogP contribution in [0.1, 0.15) is 33.6 Å². The van der Waals surface area contributed by atoms with Crippen molar-refractivity contribution in [3.8, 4) is 0 Å². The standard InChI is InChI=1S/C8H16N2/c1-4-7(6(3)9)8(10)5-2/h10H,4-5,9H2,1-3H3/b7-6-,10-8?. The van der Waals surface area contributed by atoms with E-state index in [1.165, 1.54) is 0 Å². The Labute approximate surface area is 62.6 Å². The molecule has 0 fully saturated rings. The molecule has 10 heavy (non-hydrogen) atoms. The maximum atomic E-state index is 7.49. The van der Waals surface area contributed by atoms with Gasteiger partial charge in [0.25, 0.3) is 0 Å². The average molecular weight is 140 g/mol. The fraction of sp³-hybridized carbons (Fsp3) is 0.625. The van der Waals surface area contributed by atoms with E-state index in [0.717, 1.165) is 24.1 Å². The molecule has 0 bridgehead atoms. The summed E-state index contributed by atoms with van der Waals surface area (Å²) in [7, 11) is 0. The minimum atomic E-state index is 0.669. The third-order valence-electron chi connectivity index (χ3n) is 1.55. The van der Waals surface area contributed by atoms with Gasteiger partial charge in [-0.3, -0.25) is 0 Å². The summed E-state index contributed by atoms with van der Waals surface area (Å²) in [5.41, 5.74) is 8.02. The van der Waals surface area contributed by atoms with Crippen molar-refractivity contribution < 1.29 is 0 Å². The first-order valence-electron chi connectivity index (χ1n) is 3.66. The van der Waals surface area contributed by atoms with E-state index in [1.807, 2.05) is 20.8 Å². The van der Waals surface area contributed by atoms with Crippen LogP contribution >= 0.6 is 0 Å². The highest BCUT2D eigenvalue weighted by atomic mass is 14.6. The monoisotopic (exact) mass is 140 g/mol. The van der Waals surface area contributed by atoms with E-state index in [1.54, 1.807) is 0 Å². The minimum absolute atomic E-state index is 0.669. The molecule has 0 rings (SSSR count). The summed E-state index contributed by atoms with van der Waals surface area (Å²) in [5, 5.41) is 7.49. The summed E-state index contributed by atoms with van der Waals surface area (Å²) >= 11 is 0. The Morgan fingerprint density at radius 3 is 1.90 bits per heavy atom. The van der Waals surface area contributed by atoms with Gasteiger partial charge in [0.15, 0.2) is 0 Å². The van der Waals surface area contributed by atoms with E-state index < -0.39 is 0 Å². The van der Waals surface area contributed by atoms with Gasteiger partial charge in [0.05, 0.1) is 0 Å². The predicted octanol–water partition coefficient (Wildman–Crippen LogP) is 2.06. The maximum Gasteiger partial charge on any atom is 0.0360 e. The Hall–Kier alpha value is -0.790. The Morgan fingerprint density at radius 1 is 1.30 bits per heavy atom. The van der Waals surface area contributed by atoms with Crippen molar-refractivity contribution in [1.82, 2.24) is 0 Å². The van der Waals surface area contributed by atoms with Crippen molar-refractivity contribution in [2.24, 2.45) is 5.73 Å². The summed E-state index contributed by atoms with van der Waals surface area (Å²) in [4.78, 5) is 0. The highest BCUT2D eigenvalue weighted by molar-refractivity contribution is 5.97. The van der Waals surface area contributed by atoms with E-state index in [4.69, 9.17) is 11.1 Å². The van der Waals surface area contributed by atoms with Crippen molar-refractivity contribution in [3.63, 3.8) is 0 Å². The van der Waals surface area contributed by atoms with Crippen LogP contribution in [0.25, 0.3) is 0 Å². The number of nitrogens with one attached hydrogen (secondary N) is 1. The SMILES string of the molecule is CCC(=N)/C(CC)=C(/C)N. The van der Waals surface area contributed by atoms with E-state index >= 15 is 0 Å². The maximum absolute atomic E-state index is 7.49. The molecule has 0 saturated carbocycles. The Bertz CT molecular complexity index is 153. The molecule has 0 radical (unpaired) electrons. The lowest BCUT2D eigenvalue weighted by molar-refractivity contribution is 1.07. The van der Waals surface area contributed by atoms with E-state index in [9.17, 15) is 0 Å². The first-order chi connectivity index (χ1) is 4.63. The molecule has 0 spiro atoms. The van der Waals surface area contributed by atoms with Crippen LogP contribution in [0.15, 0.2) is 11.3 Å². The summed E-state index contributed by atoms with van der Waals surface area (Å²) < 4.78 is 0. The Kier molecular flexibility index (Phi) is 3.77. The normalized spacial score (nSPS) is 12.7. The number of hydrogen-bond donors (Lipinski definition) is 2. The summed E-state index contributed by atoms with van der Waals surface area (Å²) in [6.07, 6.45) is 1.65. The lowest BCUT2D eigenvalue weighted by Crippen LogP contribution is -2.06.